The number of hydrogen-bond acceptors (Lipinski definition) is 5. The van der Waals surface area contributed by atoms with E-state index in [0.29, 0.717) is 16.8 Å². The van der Waals surface area contributed by atoms with Gasteiger partial charge in [-0.3, -0.25) is 29.0 Å². The van der Waals surface area contributed by atoms with Crippen molar-refractivity contribution in [3.8, 4) is 5.75 Å². The van der Waals surface area contributed by atoms with Gasteiger partial charge >= 0.3 is 0 Å². The van der Waals surface area contributed by atoms with E-state index in [0.717, 1.165) is 16.9 Å². The summed E-state index contributed by atoms with van der Waals surface area (Å²) in [6, 6.07) is 13.8. The summed E-state index contributed by atoms with van der Waals surface area (Å²) in [6.07, 6.45) is 2.88. The maximum atomic E-state index is 13.9. The molecule has 2 aliphatic heterocycles. The topological polar surface area (TPSA) is 95.0 Å². The van der Waals surface area contributed by atoms with E-state index in [1.807, 2.05) is 25.1 Å². The number of nitrogens with zero attached hydrogens (tertiary/aromatic N) is 2. The maximum absolute atomic E-state index is 13.9. The summed E-state index contributed by atoms with van der Waals surface area (Å²) >= 11 is 14.2. The fourth-order valence-corrected chi connectivity index (χ4v) is 7.97. The quantitative estimate of drug-likeness (QED) is 0.350. The second kappa shape index (κ2) is 8.42. The average Bonchev–Trinajstić information content (AvgIpc) is 3.24. The number of phenols is 1. The third-order valence-electron chi connectivity index (χ3n) is 8.86. The van der Waals surface area contributed by atoms with Crippen LogP contribution >= 0.6 is 23.2 Å². The number of imide groups is 2. The Hall–Kier alpha value is -3.16. The predicted octanol–water partition coefficient (Wildman–Crippen LogP) is 4.15. The first kappa shape index (κ1) is 25.1. The van der Waals surface area contributed by atoms with Gasteiger partial charge < -0.3 is 5.11 Å². The average molecular weight is 553 g/mol. The van der Waals surface area contributed by atoms with Gasteiger partial charge in [0.25, 0.3) is 11.8 Å². The van der Waals surface area contributed by atoms with Crippen LogP contribution in [-0.2, 0) is 25.6 Å². The molecular formula is C29H26Cl2N2O5. The molecule has 7 nitrogen and oxygen atoms in total. The van der Waals surface area contributed by atoms with Crippen molar-refractivity contribution in [1.82, 2.24) is 4.90 Å². The Kier molecular flexibility index (Phi) is 5.57. The van der Waals surface area contributed by atoms with Crippen LogP contribution < -0.4 is 4.90 Å². The lowest BCUT2D eigenvalue weighted by Crippen LogP contribution is -2.60. The molecule has 2 heterocycles. The van der Waals surface area contributed by atoms with Gasteiger partial charge in [-0.05, 0) is 48.9 Å². The minimum absolute atomic E-state index is 0.0777. The zero-order valence-electron chi connectivity index (χ0n) is 20.9. The summed E-state index contributed by atoms with van der Waals surface area (Å²) in [5.74, 6) is -5.04. The summed E-state index contributed by atoms with van der Waals surface area (Å²) in [5.41, 5.74) is 2.59. The standard InChI is InChI=1S/C29H26Cl2N2O5/c1-3-15-8-10-16(11-9-15)33-24(35)19-13-12-17-20(22(19)25(33)36)14-28(30)26(37)32(2)27(38)29(28,31)23(17)18-6-4-5-7-21(18)34/h4-12,19-20,22-23,34H,3,13-14H2,1-2H3. The van der Waals surface area contributed by atoms with Crippen molar-refractivity contribution < 1.29 is 24.3 Å². The highest BCUT2D eigenvalue weighted by molar-refractivity contribution is 6.53. The van der Waals surface area contributed by atoms with Gasteiger partial charge in [0.15, 0.2) is 9.75 Å². The number of benzene rings is 2. The largest absolute Gasteiger partial charge is 0.508 e. The molecule has 0 aromatic heterocycles. The highest BCUT2D eigenvalue weighted by Gasteiger charge is 2.76. The lowest BCUT2D eigenvalue weighted by atomic mass is 9.56. The number of phenolic OH excluding ortho intramolecular Hbond substituents is 1. The molecule has 6 rings (SSSR count). The third-order valence-corrected chi connectivity index (χ3v) is 10.3. The van der Waals surface area contributed by atoms with Crippen molar-refractivity contribution in [3.05, 3.63) is 71.3 Å². The Labute approximate surface area is 230 Å². The van der Waals surface area contributed by atoms with Crippen LogP contribution in [-0.4, -0.2) is 50.4 Å². The summed E-state index contributed by atoms with van der Waals surface area (Å²) in [4.78, 5) is 52.9. The number of allylic oxidation sites excluding steroid dienone is 2. The predicted molar refractivity (Wildman–Crippen MR) is 142 cm³/mol. The molecule has 0 bridgehead atoms. The van der Waals surface area contributed by atoms with Gasteiger partial charge in [-0.15, -0.1) is 23.2 Å². The molecule has 0 radical (unpaired) electrons. The Morgan fingerprint density at radius 3 is 2.29 bits per heavy atom. The lowest BCUT2D eigenvalue weighted by Gasteiger charge is -2.50. The van der Waals surface area contributed by atoms with Crippen LogP contribution in [0.4, 0.5) is 5.69 Å². The minimum atomic E-state index is -1.91. The summed E-state index contributed by atoms with van der Waals surface area (Å²) in [5, 5.41) is 10.8. The lowest BCUT2D eigenvalue weighted by molar-refractivity contribution is -0.138. The van der Waals surface area contributed by atoms with Crippen LogP contribution in [0.3, 0.4) is 0 Å². The molecule has 6 atom stereocenters. The summed E-state index contributed by atoms with van der Waals surface area (Å²) in [7, 11) is 1.34. The smallest absolute Gasteiger partial charge is 0.253 e. The van der Waals surface area contributed by atoms with Crippen LogP contribution in [0.25, 0.3) is 0 Å². The molecule has 9 heteroatoms. The Morgan fingerprint density at radius 1 is 0.947 bits per heavy atom. The normalized spacial score (nSPS) is 34.3. The fourth-order valence-electron chi connectivity index (χ4n) is 6.96. The molecule has 38 heavy (non-hydrogen) atoms. The number of amides is 4. The van der Waals surface area contributed by atoms with Gasteiger partial charge in [-0.2, -0.15) is 0 Å². The van der Waals surface area contributed by atoms with Gasteiger partial charge in [0.1, 0.15) is 5.75 Å². The van der Waals surface area contributed by atoms with Gasteiger partial charge in [0, 0.05) is 18.5 Å². The molecule has 3 fully saturated rings. The number of hydrogen-bond donors (Lipinski definition) is 1. The molecule has 2 saturated heterocycles. The minimum Gasteiger partial charge on any atom is -0.508 e. The fraction of sp³-hybridized carbons (Fsp3) is 0.379. The van der Waals surface area contributed by atoms with E-state index in [4.69, 9.17) is 23.2 Å². The second-order valence-corrected chi connectivity index (χ2v) is 11.8. The Balaban J connectivity index is 1.50. The number of aryl methyl sites for hydroxylation is 1. The zero-order valence-corrected chi connectivity index (χ0v) is 22.4. The molecule has 4 amide bonds. The van der Waals surface area contributed by atoms with Crippen molar-refractivity contribution in [2.24, 2.45) is 17.8 Å². The number of aromatic hydroxyl groups is 1. The van der Waals surface area contributed by atoms with Gasteiger partial charge in [0.2, 0.25) is 11.8 Å². The van der Waals surface area contributed by atoms with Crippen molar-refractivity contribution in [2.75, 3.05) is 11.9 Å². The van der Waals surface area contributed by atoms with Crippen LogP contribution in [0.15, 0.2) is 60.2 Å². The van der Waals surface area contributed by atoms with E-state index in [-0.39, 0.29) is 30.4 Å². The number of carbonyl (C=O) groups is 4. The molecule has 1 saturated carbocycles. The van der Waals surface area contributed by atoms with Crippen LogP contribution in [0.1, 0.15) is 36.8 Å². The van der Waals surface area contributed by atoms with Gasteiger partial charge in [-0.1, -0.05) is 48.9 Å². The monoisotopic (exact) mass is 552 g/mol. The van der Waals surface area contributed by atoms with Crippen molar-refractivity contribution >= 4 is 52.5 Å². The molecule has 0 spiro atoms. The molecule has 2 aromatic carbocycles. The summed E-state index contributed by atoms with van der Waals surface area (Å²) in [6.45, 7) is 2.03. The SMILES string of the molecule is CCc1ccc(N2C(=O)C3CC=C4C(CC5(Cl)C(=O)N(C)C(=O)C5(Cl)C4c4ccccc4O)C3C2=O)cc1. The molecule has 1 N–H and O–H groups in total. The van der Waals surface area contributed by atoms with Crippen LogP contribution in [0.2, 0.25) is 0 Å². The van der Waals surface area contributed by atoms with Crippen LogP contribution in [0.5, 0.6) is 5.75 Å². The van der Waals surface area contributed by atoms with E-state index in [2.05, 4.69) is 0 Å². The first-order valence-electron chi connectivity index (χ1n) is 12.7. The first-order valence-corrected chi connectivity index (χ1v) is 13.5. The number of rotatable bonds is 3. The van der Waals surface area contributed by atoms with Gasteiger partial charge in [0.05, 0.1) is 17.5 Å². The molecular weight excluding hydrogens is 527 g/mol. The molecule has 2 aromatic rings. The highest BCUT2D eigenvalue weighted by atomic mass is 35.5. The van der Waals surface area contributed by atoms with E-state index < -0.39 is 45.2 Å². The second-order valence-electron chi connectivity index (χ2n) is 10.6. The van der Waals surface area contributed by atoms with E-state index in [1.165, 1.54) is 18.0 Å². The third kappa shape index (κ3) is 3.03. The van der Waals surface area contributed by atoms with Crippen LogP contribution in [0, 0.1) is 17.8 Å². The van der Waals surface area contributed by atoms with Crippen molar-refractivity contribution in [1.29, 1.82) is 0 Å². The molecule has 196 valence electrons. The van der Waals surface area contributed by atoms with E-state index in [9.17, 15) is 24.3 Å². The Bertz CT molecular complexity index is 1440. The first-order chi connectivity index (χ1) is 18.1. The molecule has 4 aliphatic rings. The Morgan fingerprint density at radius 2 is 1.63 bits per heavy atom. The van der Waals surface area contributed by atoms with Gasteiger partial charge in [-0.25, -0.2) is 0 Å². The summed E-state index contributed by atoms with van der Waals surface area (Å²) < 4.78 is 0. The molecule has 6 unspecified atom stereocenters. The zero-order chi connectivity index (χ0) is 27.1. The maximum Gasteiger partial charge on any atom is 0.253 e. The number of fused-ring (bicyclic) bond motifs is 4. The molecule has 2 aliphatic carbocycles. The van der Waals surface area contributed by atoms with E-state index >= 15 is 0 Å². The highest BCUT2D eigenvalue weighted by Crippen LogP contribution is 2.66. The number of anilines is 1. The number of halogens is 2. The number of para-hydroxylation sites is 1. The number of alkyl halides is 2. The number of carbonyl (C=O) groups excluding carboxylic acids is 4. The van der Waals surface area contributed by atoms with Crippen molar-refractivity contribution in [3.63, 3.8) is 0 Å². The van der Waals surface area contributed by atoms with Crippen molar-refractivity contribution in [2.45, 2.75) is 41.9 Å². The van der Waals surface area contributed by atoms with E-state index in [1.54, 1.807) is 30.3 Å². The number of likely N-dealkylation sites (tertiary alicyclic amines) is 1.